The van der Waals surface area contributed by atoms with Crippen molar-refractivity contribution in [3.8, 4) is 0 Å². The molecule has 0 aromatic heterocycles. The van der Waals surface area contributed by atoms with E-state index in [9.17, 15) is 0 Å². The van der Waals surface area contributed by atoms with Crippen molar-refractivity contribution in [3.63, 3.8) is 0 Å². The van der Waals surface area contributed by atoms with Crippen LogP contribution < -0.4 is 4.48 Å². The van der Waals surface area contributed by atoms with Crippen LogP contribution in [0.5, 0.6) is 0 Å². The maximum Gasteiger partial charge on any atom is 0.133 e. The summed E-state index contributed by atoms with van der Waals surface area (Å²) >= 11 is 0. The summed E-state index contributed by atoms with van der Waals surface area (Å²) in [6.45, 7) is 30.4. The van der Waals surface area contributed by atoms with Crippen LogP contribution in [0.15, 0.2) is 30.3 Å². The van der Waals surface area contributed by atoms with Crippen LogP contribution in [-0.4, -0.2) is 41.0 Å². The summed E-state index contributed by atoms with van der Waals surface area (Å²) in [6, 6.07) is 10.9. The Balaban J connectivity index is 3.57. The standard InChI is InChI=1S/C26H48NO2/c1-22(2,3)27(21-17-15-14-16-18-21,19-25(10,11)28-23(4,5)6)20-26(12,13)29-24(7,8)9/h14-18H,19-20H2,1-13H3/q+1. The third-order valence-electron chi connectivity index (χ3n) is 5.00. The lowest BCUT2D eigenvalue weighted by atomic mass is 9.90. The van der Waals surface area contributed by atoms with Crippen LogP contribution in [0.2, 0.25) is 0 Å². The Morgan fingerprint density at radius 3 is 1.21 bits per heavy atom. The monoisotopic (exact) mass is 406 g/mol. The molecule has 0 saturated heterocycles. The summed E-state index contributed by atoms with van der Waals surface area (Å²) in [6.07, 6.45) is 0. The minimum absolute atomic E-state index is 0.0433. The molecule has 0 amide bonds. The second-order valence-electron chi connectivity index (χ2n) is 12.7. The summed E-state index contributed by atoms with van der Waals surface area (Å²) < 4.78 is 13.9. The van der Waals surface area contributed by atoms with E-state index in [0.717, 1.165) is 17.6 Å². The van der Waals surface area contributed by atoms with Gasteiger partial charge in [0.2, 0.25) is 0 Å². The fourth-order valence-electron chi connectivity index (χ4n) is 4.84. The lowest BCUT2D eigenvalue weighted by molar-refractivity contribution is -0.154. The SMILES string of the molecule is CC(C)(C)OC(C)(C)C[N+](CC(C)(C)OC(C)(C)C)(c1ccccc1)C(C)(C)C. The molecular weight excluding hydrogens is 358 g/mol. The lowest BCUT2D eigenvalue weighted by Crippen LogP contribution is -2.70. The van der Waals surface area contributed by atoms with Crippen LogP contribution in [-0.2, 0) is 9.47 Å². The highest BCUT2D eigenvalue weighted by Crippen LogP contribution is 2.40. The van der Waals surface area contributed by atoms with Gasteiger partial charge in [-0.2, -0.15) is 0 Å². The summed E-state index contributed by atoms with van der Waals surface area (Å²) in [4.78, 5) is 0. The highest BCUT2D eigenvalue weighted by atomic mass is 16.5. The topological polar surface area (TPSA) is 18.5 Å². The van der Waals surface area contributed by atoms with Gasteiger partial charge in [-0.05, 0) is 102 Å². The fourth-order valence-corrected chi connectivity index (χ4v) is 4.84. The molecule has 1 aromatic carbocycles. The van der Waals surface area contributed by atoms with E-state index in [1.807, 2.05) is 0 Å². The fraction of sp³-hybridized carbons (Fsp3) is 0.769. The van der Waals surface area contributed by atoms with Crippen LogP contribution in [0.4, 0.5) is 5.69 Å². The number of para-hydroxylation sites is 1. The van der Waals surface area contributed by atoms with Gasteiger partial charge in [0.25, 0.3) is 0 Å². The highest BCUT2D eigenvalue weighted by Gasteiger charge is 2.51. The van der Waals surface area contributed by atoms with E-state index in [1.54, 1.807) is 0 Å². The molecule has 0 bridgehead atoms. The Morgan fingerprint density at radius 1 is 0.586 bits per heavy atom. The van der Waals surface area contributed by atoms with E-state index in [0.29, 0.717) is 0 Å². The van der Waals surface area contributed by atoms with Gasteiger partial charge in [0.05, 0.1) is 16.7 Å². The summed E-state index contributed by atoms with van der Waals surface area (Å²) in [7, 11) is 0. The quantitative estimate of drug-likeness (QED) is 0.455. The van der Waals surface area contributed by atoms with Crippen molar-refractivity contribution in [1.29, 1.82) is 0 Å². The number of benzene rings is 1. The summed E-state index contributed by atoms with van der Waals surface area (Å²) in [5, 5.41) is 0. The molecule has 0 heterocycles. The van der Waals surface area contributed by atoms with Crippen LogP contribution in [0, 0.1) is 0 Å². The van der Waals surface area contributed by atoms with Gasteiger partial charge in [-0.1, -0.05) is 18.2 Å². The molecule has 1 aromatic rings. The van der Waals surface area contributed by atoms with Crippen LogP contribution in [0.1, 0.15) is 90.0 Å². The largest absolute Gasteiger partial charge is 0.364 e. The van der Waals surface area contributed by atoms with Crippen molar-refractivity contribution in [2.75, 3.05) is 13.1 Å². The molecule has 0 radical (unpaired) electrons. The third kappa shape index (κ3) is 8.03. The van der Waals surface area contributed by atoms with E-state index in [-0.39, 0.29) is 27.9 Å². The smallest absolute Gasteiger partial charge is 0.133 e. The Hall–Kier alpha value is -0.900. The molecule has 0 saturated carbocycles. The minimum atomic E-state index is -0.306. The van der Waals surface area contributed by atoms with Gasteiger partial charge in [-0.3, -0.25) is 4.48 Å². The van der Waals surface area contributed by atoms with Crippen molar-refractivity contribution in [2.24, 2.45) is 0 Å². The zero-order valence-corrected chi connectivity index (χ0v) is 21.6. The number of ether oxygens (including phenoxy) is 2. The van der Waals surface area contributed by atoms with Crippen LogP contribution >= 0.6 is 0 Å². The normalized spacial score (nSPS) is 14.9. The molecule has 3 heteroatoms. The Bertz CT molecular complexity index is 610. The number of quaternary nitrogens is 1. The first-order chi connectivity index (χ1) is 12.7. The first kappa shape index (κ1) is 26.1. The first-order valence-corrected chi connectivity index (χ1v) is 11.0. The lowest BCUT2D eigenvalue weighted by Gasteiger charge is -2.55. The van der Waals surface area contributed by atoms with Crippen LogP contribution in [0.25, 0.3) is 0 Å². The van der Waals surface area contributed by atoms with Gasteiger partial charge >= 0.3 is 0 Å². The van der Waals surface area contributed by atoms with E-state index in [1.165, 1.54) is 5.69 Å². The van der Waals surface area contributed by atoms with E-state index in [4.69, 9.17) is 9.47 Å². The molecule has 0 fully saturated rings. The maximum absolute atomic E-state index is 6.56. The van der Waals surface area contributed by atoms with Crippen LogP contribution in [0.3, 0.4) is 0 Å². The van der Waals surface area contributed by atoms with Crippen molar-refractivity contribution in [2.45, 2.75) is 118 Å². The molecule has 0 aliphatic carbocycles. The Labute approximate surface area is 181 Å². The molecule has 29 heavy (non-hydrogen) atoms. The highest BCUT2D eigenvalue weighted by molar-refractivity contribution is 5.45. The molecular formula is C26H48NO2+. The molecule has 0 spiro atoms. The average molecular weight is 407 g/mol. The molecule has 0 aliphatic heterocycles. The second kappa shape index (κ2) is 8.32. The molecule has 0 atom stereocenters. The predicted octanol–water partition coefficient (Wildman–Crippen LogP) is 6.98. The molecule has 1 rings (SSSR count). The molecule has 3 nitrogen and oxygen atoms in total. The van der Waals surface area contributed by atoms with Gasteiger partial charge in [-0.15, -0.1) is 0 Å². The summed E-state index contributed by atoms with van der Waals surface area (Å²) in [5.74, 6) is 0. The van der Waals surface area contributed by atoms with E-state index in [2.05, 4.69) is 120 Å². The second-order valence-corrected chi connectivity index (χ2v) is 12.7. The van der Waals surface area contributed by atoms with Gasteiger partial charge in [0.1, 0.15) is 30.0 Å². The Morgan fingerprint density at radius 2 is 0.931 bits per heavy atom. The van der Waals surface area contributed by atoms with Crippen molar-refractivity contribution >= 4 is 5.69 Å². The zero-order chi connectivity index (χ0) is 22.9. The van der Waals surface area contributed by atoms with Gasteiger partial charge < -0.3 is 9.47 Å². The third-order valence-corrected chi connectivity index (χ3v) is 5.00. The summed E-state index contributed by atoms with van der Waals surface area (Å²) in [5.41, 5.74) is 0.240. The van der Waals surface area contributed by atoms with E-state index < -0.39 is 0 Å². The number of nitrogens with zero attached hydrogens (tertiary/aromatic N) is 1. The number of hydrogen-bond acceptors (Lipinski definition) is 2. The molecule has 0 N–H and O–H groups in total. The first-order valence-electron chi connectivity index (χ1n) is 11.0. The molecule has 168 valence electrons. The minimum Gasteiger partial charge on any atom is -0.364 e. The Kier molecular flexibility index (Phi) is 7.50. The van der Waals surface area contributed by atoms with Crippen molar-refractivity contribution in [3.05, 3.63) is 30.3 Å². The van der Waals surface area contributed by atoms with E-state index >= 15 is 0 Å². The van der Waals surface area contributed by atoms with Crippen molar-refractivity contribution < 1.29 is 9.47 Å². The van der Waals surface area contributed by atoms with Crippen molar-refractivity contribution in [1.82, 2.24) is 4.48 Å². The number of hydrogen-bond donors (Lipinski definition) is 0. The van der Waals surface area contributed by atoms with Gasteiger partial charge in [0.15, 0.2) is 0 Å². The predicted molar refractivity (Wildman–Crippen MR) is 128 cm³/mol. The zero-order valence-electron chi connectivity index (χ0n) is 21.6. The molecule has 0 unspecified atom stereocenters. The van der Waals surface area contributed by atoms with Gasteiger partial charge in [-0.25, -0.2) is 0 Å². The average Bonchev–Trinajstić information content (AvgIpc) is 2.40. The van der Waals surface area contributed by atoms with Gasteiger partial charge in [0, 0.05) is 0 Å². The number of rotatable bonds is 7. The maximum atomic E-state index is 6.56. The molecule has 0 aliphatic rings.